The van der Waals surface area contributed by atoms with Gasteiger partial charge in [-0.1, -0.05) is 25.6 Å². The minimum atomic E-state index is -4.12. The molecule has 1 aromatic carbocycles. The summed E-state index contributed by atoms with van der Waals surface area (Å²) in [5.41, 5.74) is 8.19. The van der Waals surface area contributed by atoms with Crippen LogP contribution >= 0.6 is 0 Å². The molecule has 0 fully saturated rings. The van der Waals surface area contributed by atoms with Crippen molar-refractivity contribution in [1.29, 1.82) is 5.53 Å². The predicted molar refractivity (Wildman–Crippen MR) is 54.7 cm³/mol. The van der Waals surface area contributed by atoms with Crippen LogP contribution in [0.5, 0.6) is 0 Å². The van der Waals surface area contributed by atoms with Crippen LogP contribution in [0.15, 0.2) is 35.4 Å². The Labute approximate surface area is 86.3 Å². The molecule has 0 aliphatic rings. The minimum absolute atomic E-state index is 0. The molecule has 0 unspecified atom stereocenters. The number of nitrogens with zero attached hydrogens (tertiary/aromatic N) is 1. The SMILES string of the molecule is C.C[As](=O)(O)O.N=Nc1ccccc1. The van der Waals surface area contributed by atoms with E-state index in [0.717, 1.165) is 5.71 Å². The van der Waals surface area contributed by atoms with E-state index in [9.17, 15) is 3.74 Å². The van der Waals surface area contributed by atoms with E-state index in [0.29, 0.717) is 5.69 Å². The maximum atomic E-state index is 9.39. The topological polar surface area (TPSA) is 93.7 Å². The molecule has 0 radical (unpaired) electrons. The molecule has 0 saturated carbocycles. The summed E-state index contributed by atoms with van der Waals surface area (Å²) in [6, 6.07) is 9.18. The second-order valence-corrected chi connectivity index (χ2v) is 5.79. The van der Waals surface area contributed by atoms with Crippen LogP contribution in [0.1, 0.15) is 7.43 Å². The molecule has 0 aliphatic carbocycles. The van der Waals surface area contributed by atoms with E-state index in [1.165, 1.54) is 0 Å². The molecule has 0 atom stereocenters. The first kappa shape index (κ1) is 15.6. The largest absolute Gasteiger partial charge is 0.204 e. The van der Waals surface area contributed by atoms with Crippen LogP contribution in [0, 0.1) is 5.53 Å². The Morgan fingerprint density at radius 3 is 1.86 bits per heavy atom. The Balaban J connectivity index is 0. The van der Waals surface area contributed by atoms with Crippen LogP contribution in [-0.2, 0) is 3.74 Å². The fourth-order valence-corrected chi connectivity index (χ4v) is 0.503. The van der Waals surface area contributed by atoms with E-state index < -0.39 is 14.2 Å². The van der Waals surface area contributed by atoms with Crippen LogP contribution in [0.2, 0.25) is 5.71 Å². The number of hydrogen-bond donors (Lipinski definition) is 3. The van der Waals surface area contributed by atoms with Gasteiger partial charge in [0, 0.05) is 0 Å². The van der Waals surface area contributed by atoms with Crippen LogP contribution in [-0.4, -0.2) is 22.4 Å². The molecule has 0 amide bonds. The van der Waals surface area contributed by atoms with E-state index in [1.54, 1.807) is 12.1 Å². The van der Waals surface area contributed by atoms with E-state index in [1.807, 2.05) is 18.2 Å². The predicted octanol–water partition coefficient (Wildman–Crippen LogP) is 1.96. The van der Waals surface area contributed by atoms with E-state index in [4.69, 9.17) is 13.7 Å². The first-order valence-electron chi connectivity index (χ1n) is 3.39. The van der Waals surface area contributed by atoms with Gasteiger partial charge in [-0.25, -0.2) is 5.53 Å². The van der Waals surface area contributed by atoms with E-state index in [2.05, 4.69) is 5.11 Å². The quantitative estimate of drug-likeness (QED) is 0.533. The first-order valence-corrected chi connectivity index (χ1v) is 7.71. The van der Waals surface area contributed by atoms with Gasteiger partial charge in [0.15, 0.2) is 0 Å². The summed E-state index contributed by atoms with van der Waals surface area (Å²) in [6.07, 6.45) is 0. The van der Waals surface area contributed by atoms with Gasteiger partial charge in [0.2, 0.25) is 0 Å². The molecular weight excluding hydrogens is 247 g/mol. The van der Waals surface area contributed by atoms with Crippen LogP contribution in [0.3, 0.4) is 0 Å². The number of benzene rings is 1. The summed E-state index contributed by atoms with van der Waals surface area (Å²) in [6.45, 7) is 0. The molecule has 0 saturated heterocycles. The molecule has 5 nitrogen and oxygen atoms in total. The first-order chi connectivity index (χ1) is 5.93. The zero-order valence-corrected chi connectivity index (χ0v) is 8.96. The standard InChI is InChI=1S/C6H6N2.CH5AsO3.CH4/c7-8-6-4-2-1-3-5-6;1-2(3,4)5;/h1-5,7H;1H3,(H2,3,4,5);1H4. The molecule has 0 heterocycles. The minimum Gasteiger partial charge on any atom is -0.204 e. The van der Waals surface area contributed by atoms with Gasteiger partial charge in [0.25, 0.3) is 0 Å². The maximum absolute atomic E-state index is 9.39. The average molecular weight is 262 g/mol. The van der Waals surface area contributed by atoms with Gasteiger partial charge in [-0.05, 0) is 12.1 Å². The van der Waals surface area contributed by atoms with Crippen molar-refractivity contribution in [3.8, 4) is 0 Å². The smallest absolute Gasteiger partial charge is 0.0849 e. The van der Waals surface area contributed by atoms with Crippen molar-refractivity contribution in [2.24, 2.45) is 5.11 Å². The van der Waals surface area contributed by atoms with E-state index in [-0.39, 0.29) is 7.43 Å². The van der Waals surface area contributed by atoms with Crippen molar-refractivity contribution < 1.29 is 11.9 Å². The Kier molecular flexibility index (Phi) is 8.34. The molecule has 0 aromatic heterocycles. The maximum Gasteiger partial charge on any atom is 0.0849 e. The normalized spacial score (nSPS) is 9.07. The summed E-state index contributed by atoms with van der Waals surface area (Å²) in [4.78, 5) is 0. The second-order valence-electron chi connectivity index (χ2n) is 2.28. The van der Waals surface area contributed by atoms with Crippen LogP contribution in [0.25, 0.3) is 0 Å². The summed E-state index contributed by atoms with van der Waals surface area (Å²) in [7, 11) is 0. The molecule has 6 heteroatoms. The van der Waals surface area contributed by atoms with Crippen molar-refractivity contribution >= 4 is 19.9 Å². The van der Waals surface area contributed by atoms with Gasteiger partial charge in [0.05, 0.1) is 5.69 Å². The Morgan fingerprint density at radius 1 is 1.29 bits per heavy atom. The van der Waals surface area contributed by atoms with Crippen molar-refractivity contribution in [2.75, 3.05) is 0 Å². The summed E-state index contributed by atoms with van der Waals surface area (Å²) < 4.78 is 24.8. The van der Waals surface area contributed by atoms with E-state index >= 15 is 0 Å². The monoisotopic (exact) mass is 262 g/mol. The van der Waals surface area contributed by atoms with Crippen molar-refractivity contribution in [3.05, 3.63) is 30.3 Å². The fourth-order valence-electron chi connectivity index (χ4n) is 0.503. The third kappa shape index (κ3) is 13.7. The molecule has 3 N–H and O–H groups in total. The zero-order valence-electron chi connectivity index (χ0n) is 7.08. The molecule has 0 aliphatic heterocycles. The van der Waals surface area contributed by atoms with Crippen LogP contribution in [0.4, 0.5) is 5.69 Å². The second kappa shape index (κ2) is 7.50. The Bertz CT molecular complexity index is 288. The summed E-state index contributed by atoms with van der Waals surface area (Å²) >= 11 is -4.12. The molecule has 1 rings (SSSR count). The molecular formula is C8H15AsN2O3. The molecule has 0 spiro atoms. The molecule has 80 valence electrons. The number of hydrogen-bond acceptors (Lipinski definition) is 3. The van der Waals surface area contributed by atoms with Crippen LogP contribution < -0.4 is 0 Å². The van der Waals surface area contributed by atoms with Crippen molar-refractivity contribution in [2.45, 2.75) is 13.1 Å². The summed E-state index contributed by atoms with van der Waals surface area (Å²) in [5.74, 6) is 0. The van der Waals surface area contributed by atoms with Crippen molar-refractivity contribution in [1.82, 2.24) is 0 Å². The Morgan fingerprint density at radius 2 is 1.64 bits per heavy atom. The number of rotatable bonds is 1. The van der Waals surface area contributed by atoms with Gasteiger partial charge in [-0.2, -0.15) is 5.11 Å². The van der Waals surface area contributed by atoms with Gasteiger partial charge in [-0.15, -0.1) is 0 Å². The Hall–Kier alpha value is -0.902. The average Bonchev–Trinajstić information content (AvgIpc) is 2.03. The number of nitrogens with one attached hydrogen (secondary N) is 1. The molecule has 0 bridgehead atoms. The third-order valence-corrected chi connectivity index (χ3v) is 0.885. The van der Waals surface area contributed by atoms with Gasteiger partial charge in [0.1, 0.15) is 0 Å². The van der Waals surface area contributed by atoms with Gasteiger partial charge in [-0.3, -0.25) is 0 Å². The third-order valence-electron chi connectivity index (χ3n) is 0.885. The van der Waals surface area contributed by atoms with Gasteiger partial charge < -0.3 is 0 Å². The fraction of sp³-hybridized carbons (Fsp3) is 0.250. The summed E-state index contributed by atoms with van der Waals surface area (Å²) in [5, 5.41) is 3.22. The van der Waals surface area contributed by atoms with Crippen molar-refractivity contribution in [3.63, 3.8) is 0 Å². The van der Waals surface area contributed by atoms with Gasteiger partial charge >= 0.3 is 31.8 Å². The molecule has 1 aromatic rings. The molecule has 14 heavy (non-hydrogen) atoms. The zero-order chi connectivity index (χ0) is 10.3. The number of para-hydroxylation sites is 1.